The smallest absolute Gasteiger partial charge is 0.245 e. The van der Waals surface area contributed by atoms with Crippen molar-refractivity contribution in [2.24, 2.45) is 11.7 Å². The summed E-state index contributed by atoms with van der Waals surface area (Å²) in [6.07, 6.45) is 3.51. The second-order valence-electron chi connectivity index (χ2n) is 4.81. The van der Waals surface area contributed by atoms with Crippen molar-refractivity contribution >= 4 is 37.3 Å². The van der Waals surface area contributed by atoms with E-state index in [1.165, 1.54) is 17.8 Å². The van der Waals surface area contributed by atoms with Gasteiger partial charge in [-0.2, -0.15) is 4.31 Å². The maximum atomic E-state index is 12.7. The standard InChI is InChI=1S/C12H19BrN2O2S2/c1-2-15(8-9-4-3-5-9)19(16,17)11-6-10(7-14)18-12(11)13/h6,9H,2-5,7-8,14H2,1H3. The summed E-state index contributed by atoms with van der Waals surface area (Å²) in [5, 5.41) is 0. The molecule has 1 aliphatic carbocycles. The van der Waals surface area contributed by atoms with E-state index in [1.54, 1.807) is 10.4 Å². The molecule has 1 heterocycles. The highest BCUT2D eigenvalue weighted by Crippen LogP contribution is 2.35. The minimum absolute atomic E-state index is 0.360. The normalized spacial score (nSPS) is 16.8. The van der Waals surface area contributed by atoms with Crippen LogP contribution in [0.1, 0.15) is 31.1 Å². The summed E-state index contributed by atoms with van der Waals surface area (Å²) in [5.74, 6) is 0.529. The third kappa shape index (κ3) is 3.21. The van der Waals surface area contributed by atoms with E-state index in [2.05, 4.69) is 15.9 Å². The lowest BCUT2D eigenvalue weighted by Crippen LogP contribution is -2.37. The van der Waals surface area contributed by atoms with Gasteiger partial charge in [0.15, 0.2) is 0 Å². The van der Waals surface area contributed by atoms with Crippen LogP contribution in [0.25, 0.3) is 0 Å². The lowest BCUT2D eigenvalue weighted by atomic mass is 9.85. The molecule has 0 amide bonds. The SMILES string of the molecule is CCN(CC1CCC1)S(=O)(=O)c1cc(CN)sc1Br. The Morgan fingerprint density at radius 1 is 1.53 bits per heavy atom. The zero-order valence-electron chi connectivity index (χ0n) is 10.9. The molecular weight excluding hydrogens is 348 g/mol. The van der Waals surface area contributed by atoms with E-state index in [4.69, 9.17) is 5.73 Å². The Bertz CT molecular complexity index is 538. The zero-order valence-corrected chi connectivity index (χ0v) is 14.2. The number of nitrogens with zero attached hydrogens (tertiary/aromatic N) is 1. The van der Waals surface area contributed by atoms with Gasteiger partial charge in [-0.3, -0.25) is 0 Å². The largest absolute Gasteiger partial charge is 0.326 e. The van der Waals surface area contributed by atoms with Gasteiger partial charge in [-0.25, -0.2) is 8.42 Å². The molecule has 1 aliphatic rings. The third-order valence-corrected chi connectivity index (χ3v) is 7.78. The Hall–Kier alpha value is 0.0500. The first-order valence-corrected chi connectivity index (χ1v) is 9.52. The van der Waals surface area contributed by atoms with Gasteiger partial charge in [0.1, 0.15) is 4.90 Å². The molecule has 2 rings (SSSR count). The molecule has 1 aromatic heterocycles. The molecule has 1 aromatic rings. The fraction of sp³-hybridized carbons (Fsp3) is 0.667. The minimum atomic E-state index is -3.40. The number of halogens is 1. The van der Waals surface area contributed by atoms with Crippen molar-refractivity contribution in [2.45, 2.75) is 37.6 Å². The van der Waals surface area contributed by atoms with Crippen LogP contribution in [0.4, 0.5) is 0 Å². The predicted octanol–water partition coefficient (Wildman–Crippen LogP) is 2.78. The Labute approximate surface area is 127 Å². The first-order chi connectivity index (χ1) is 8.98. The molecule has 0 aromatic carbocycles. The highest BCUT2D eigenvalue weighted by molar-refractivity contribution is 9.11. The maximum absolute atomic E-state index is 12.7. The van der Waals surface area contributed by atoms with Gasteiger partial charge in [-0.15, -0.1) is 11.3 Å². The predicted molar refractivity (Wildman–Crippen MR) is 81.7 cm³/mol. The zero-order chi connectivity index (χ0) is 14.0. The summed E-state index contributed by atoms with van der Waals surface area (Å²) in [4.78, 5) is 1.24. The van der Waals surface area contributed by atoms with E-state index in [0.29, 0.717) is 34.2 Å². The van der Waals surface area contributed by atoms with Gasteiger partial charge in [0.05, 0.1) is 3.79 Å². The van der Waals surface area contributed by atoms with Crippen molar-refractivity contribution in [3.8, 4) is 0 Å². The number of nitrogens with two attached hydrogens (primary N) is 1. The van der Waals surface area contributed by atoms with E-state index in [1.807, 2.05) is 6.92 Å². The first kappa shape index (κ1) is 15.4. The molecule has 7 heteroatoms. The molecule has 1 saturated carbocycles. The van der Waals surface area contributed by atoms with Crippen LogP contribution in [0.2, 0.25) is 0 Å². The Morgan fingerprint density at radius 2 is 2.21 bits per heavy atom. The second-order valence-corrected chi connectivity index (χ2v) is 9.17. The molecular formula is C12H19BrN2O2S2. The summed E-state index contributed by atoms with van der Waals surface area (Å²) >= 11 is 4.74. The summed E-state index contributed by atoms with van der Waals surface area (Å²) < 4.78 is 27.5. The second kappa shape index (κ2) is 6.22. The molecule has 4 nitrogen and oxygen atoms in total. The molecule has 0 bridgehead atoms. The fourth-order valence-corrected chi connectivity index (χ4v) is 6.21. The van der Waals surface area contributed by atoms with Crippen molar-refractivity contribution < 1.29 is 8.42 Å². The average molecular weight is 367 g/mol. The molecule has 0 atom stereocenters. The highest BCUT2D eigenvalue weighted by atomic mass is 79.9. The van der Waals surface area contributed by atoms with E-state index in [9.17, 15) is 8.42 Å². The van der Waals surface area contributed by atoms with Crippen molar-refractivity contribution in [3.63, 3.8) is 0 Å². The third-order valence-electron chi connectivity index (χ3n) is 3.56. The summed E-state index contributed by atoms with van der Waals surface area (Å²) in [6, 6.07) is 1.69. The Kier molecular flexibility index (Phi) is 5.05. The lowest BCUT2D eigenvalue weighted by Gasteiger charge is -2.31. The maximum Gasteiger partial charge on any atom is 0.245 e. The average Bonchev–Trinajstić information content (AvgIpc) is 2.69. The van der Waals surface area contributed by atoms with Gasteiger partial charge < -0.3 is 5.73 Å². The Balaban J connectivity index is 2.24. The van der Waals surface area contributed by atoms with Gasteiger partial charge in [0.2, 0.25) is 10.0 Å². The summed E-state index contributed by atoms with van der Waals surface area (Å²) in [6.45, 7) is 3.41. The molecule has 108 valence electrons. The van der Waals surface area contributed by atoms with Crippen LogP contribution in [0, 0.1) is 5.92 Å². The van der Waals surface area contributed by atoms with Crippen LogP contribution in [-0.4, -0.2) is 25.8 Å². The van der Waals surface area contributed by atoms with Crippen LogP contribution in [-0.2, 0) is 16.6 Å². The van der Waals surface area contributed by atoms with Crippen LogP contribution < -0.4 is 5.73 Å². The number of hydrogen-bond acceptors (Lipinski definition) is 4. The van der Waals surface area contributed by atoms with E-state index in [0.717, 1.165) is 17.7 Å². The van der Waals surface area contributed by atoms with E-state index < -0.39 is 10.0 Å². The fourth-order valence-electron chi connectivity index (χ4n) is 2.17. The molecule has 0 unspecified atom stereocenters. The van der Waals surface area contributed by atoms with Crippen molar-refractivity contribution in [3.05, 3.63) is 14.7 Å². The van der Waals surface area contributed by atoms with E-state index >= 15 is 0 Å². The number of hydrogen-bond donors (Lipinski definition) is 1. The van der Waals surface area contributed by atoms with Crippen molar-refractivity contribution in [1.82, 2.24) is 4.31 Å². The molecule has 19 heavy (non-hydrogen) atoms. The minimum Gasteiger partial charge on any atom is -0.326 e. The quantitative estimate of drug-likeness (QED) is 0.841. The number of sulfonamides is 1. The van der Waals surface area contributed by atoms with Gasteiger partial charge in [0, 0.05) is 24.5 Å². The molecule has 0 radical (unpaired) electrons. The molecule has 2 N–H and O–H groups in total. The summed E-state index contributed by atoms with van der Waals surface area (Å²) in [5.41, 5.74) is 5.58. The van der Waals surface area contributed by atoms with E-state index in [-0.39, 0.29) is 0 Å². The van der Waals surface area contributed by atoms with Gasteiger partial charge in [-0.1, -0.05) is 13.3 Å². The van der Waals surface area contributed by atoms with Gasteiger partial charge >= 0.3 is 0 Å². The van der Waals surface area contributed by atoms with Gasteiger partial charge in [0.25, 0.3) is 0 Å². The van der Waals surface area contributed by atoms with Crippen LogP contribution in [0.15, 0.2) is 14.7 Å². The first-order valence-electron chi connectivity index (χ1n) is 6.47. The van der Waals surface area contributed by atoms with Crippen molar-refractivity contribution in [2.75, 3.05) is 13.1 Å². The topological polar surface area (TPSA) is 63.4 Å². The van der Waals surface area contributed by atoms with Crippen LogP contribution in [0.5, 0.6) is 0 Å². The van der Waals surface area contributed by atoms with Crippen LogP contribution in [0.3, 0.4) is 0 Å². The Morgan fingerprint density at radius 3 is 2.63 bits per heavy atom. The molecule has 0 spiro atoms. The highest BCUT2D eigenvalue weighted by Gasteiger charge is 2.30. The molecule has 1 fully saturated rings. The lowest BCUT2D eigenvalue weighted by molar-refractivity contribution is 0.250. The van der Waals surface area contributed by atoms with Crippen LogP contribution >= 0.6 is 27.3 Å². The van der Waals surface area contributed by atoms with Gasteiger partial charge in [-0.05, 0) is 40.8 Å². The molecule has 0 aliphatic heterocycles. The molecule has 0 saturated heterocycles. The van der Waals surface area contributed by atoms with Crippen molar-refractivity contribution in [1.29, 1.82) is 0 Å². The number of thiophene rings is 1. The summed E-state index contributed by atoms with van der Waals surface area (Å²) in [7, 11) is -3.40. The monoisotopic (exact) mass is 366 g/mol. The number of rotatable bonds is 6.